The Labute approximate surface area is 136 Å². The normalized spacial score (nSPS) is 22.8. The molecule has 2 aliphatic heterocycles. The summed E-state index contributed by atoms with van der Waals surface area (Å²) in [6, 6.07) is 2.45. The minimum atomic E-state index is -0.941. The molecular formula is C17H25FN2O3. The van der Waals surface area contributed by atoms with Crippen molar-refractivity contribution in [1.29, 1.82) is 0 Å². The van der Waals surface area contributed by atoms with Gasteiger partial charge < -0.3 is 25.2 Å². The molecular weight excluding hydrogens is 299 g/mol. The van der Waals surface area contributed by atoms with Crippen molar-refractivity contribution in [2.45, 2.75) is 44.4 Å². The van der Waals surface area contributed by atoms with Crippen molar-refractivity contribution in [2.24, 2.45) is 5.73 Å². The average Bonchev–Trinajstić information content (AvgIpc) is 2.97. The van der Waals surface area contributed by atoms with Gasteiger partial charge in [0.1, 0.15) is 12.2 Å². The van der Waals surface area contributed by atoms with E-state index in [0.717, 1.165) is 25.9 Å². The zero-order chi connectivity index (χ0) is 16.6. The third kappa shape index (κ3) is 3.59. The Morgan fingerprint density at radius 3 is 2.74 bits per heavy atom. The molecule has 0 saturated carbocycles. The van der Waals surface area contributed by atoms with Crippen molar-refractivity contribution >= 4 is 0 Å². The Hall–Kier alpha value is -1.37. The van der Waals surface area contributed by atoms with Crippen molar-refractivity contribution in [2.75, 3.05) is 26.2 Å². The quantitative estimate of drug-likeness (QED) is 0.884. The fourth-order valence-corrected chi connectivity index (χ4v) is 3.16. The first-order chi connectivity index (χ1) is 10.9. The maximum atomic E-state index is 14.2. The van der Waals surface area contributed by atoms with Crippen LogP contribution in [0.5, 0.6) is 11.5 Å². The molecule has 0 bridgehead atoms. The van der Waals surface area contributed by atoms with Gasteiger partial charge in [-0.3, -0.25) is 0 Å². The predicted molar refractivity (Wildman–Crippen MR) is 85.2 cm³/mol. The lowest BCUT2D eigenvalue weighted by molar-refractivity contribution is 0.0178. The second-order valence-corrected chi connectivity index (χ2v) is 7.10. The number of nitrogens with two attached hydrogens (primary N) is 1. The van der Waals surface area contributed by atoms with Crippen molar-refractivity contribution in [1.82, 2.24) is 4.90 Å². The van der Waals surface area contributed by atoms with Gasteiger partial charge in [0.15, 0.2) is 17.3 Å². The number of ether oxygens (including phenoxy) is 2. The average molecular weight is 324 g/mol. The maximum absolute atomic E-state index is 14.2. The van der Waals surface area contributed by atoms with E-state index in [1.807, 2.05) is 13.8 Å². The van der Waals surface area contributed by atoms with Gasteiger partial charge in [0, 0.05) is 12.6 Å². The summed E-state index contributed by atoms with van der Waals surface area (Å²) in [4.78, 5) is 2.23. The first kappa shape index (κ1) is 16.5. The third-order valence-corrected chi connectivity index (χ3v) is 4.40. The van der Waals surface area contributed by atoms with Gasteiger partial charge in [-0.2, -0.15) is 0 Å². The minimum absolute atomic E-state index is 0.105. The fraction of sp³-hybridized carbons (Fsp3) is 0.647. The zero-order valence-electron chi connectivity index (χ0n) is 13.7. The second kappa shape index (κ2) is 6.26. The predicted octanol–water partition coefficient (Wildman–Crippen LogP) is 1.83. The summed E-state index contributed by atoms with van der Waals surface area (Å²) < 4.78 is 25.5. The monoisotopic (exact) mass is 324 g/mol. The summed E-state index contributed by atoms with van der Waals surface area (Å²) in [5.41, 5.74) is 6.02. The number of likely N-dealkylation sites (tertiary alicyclic amines) is 1. The molecule has 23 heavy (non-hydrogen) atoms. The SMILES string of the molecule is CC1(C)COc2c(F)cc([C@@H](O)[C@H](N)CN3CCCC3)cc2O1. The van der Waals surface area contributed by atoms with Crippen LogP contribution in [0.1, 0.15) is 38.4 Å². The number of rotatable bonds is 4. The van der Waals surface area contributed by atoms with E-state index in [4.69, 9.17) is 15.2 Å². The molecule has 2 atom stereocenters. The van der Waals surface area contributed by atoms with Gasteiger partial charge in [0.05, 0.1) is 6.10 Å². The fourth-order valence-electron chi connectivity index (χ4n) is 3.16. The van der Waals surface area contributed by atoms with Gasteiger partial charge in [-0.15, -0.1) is 0 Å². The molecule has 2 heterocycles. The molecule has 5 nitrogen and oxygen atoms in total. The minimum Gasteiger partial charge on any atom is -0.483 e. The van der Waals surface area contributed by atoms with Gasteiger partial charge in [0.25, 0.3) is 0 Å². The molecule has 0 radical (unpaired) electrons. The van der Waals surface area contributed by atoms with Crippen molar-refractivity contribution in [3.05, 3.63) is 23.5 Å². The maximum Gasteiger partial charge on any atom is 0.197 e. The van der Waals surface area contributed by atoms with Crippen LogP contribution >= 0.6 is 0 Å². The molecule has 6 heteroatoms. The van der Waals surface area contributed by atoms with Gasteiger partial charge in [-0.1, -0.05) is 0 Å². The highest BCUT2D eigenvalue weighted by molar-refractivity contribution is 5.46. The molecule has 1 saturated heterocycles. The van der Waals surface area contributed by atoms with Gasteiger partial charge in [0.2, 0.25) is 0 Å². The Morgan fingerprint density at radius 1 is 1.35 bits per heavy atom. The number of halogens is 1. The Morgan fingerprint density at radius 2 is 2.04 bits per heavy atom. The lowest BCUT2D eigenvalue weighted by Gasteiger charge is -2.33. The van der Waals surface area contributed by atoms with E-state index in [1.54, 1.807) is 6.07 Å². The van der Waals surface area contributed by atoms with Crippen LogP contribution in [0.3, 0.4) is 0 Å². The molecule has 1 fully saturated rings. The van der Waals surface area contributed by atoms with Crippen molar-refractivity contribution < 1.29 is 19.0 Å². The summed E-state index contributed by atoms with van der Waals surface area (Å²) in [6.45, 7) is 6.64. The van der Waals surface area contributed by atoms with Crippen LogP contribution in [-0.2, 0) is 0 Å². The Kier molecular flexibility index (Phi) is 4.49. The van der Waals surface area contributed by atoms with Crippen LogP contribution in [0, 0.1) is 5.82 Å². The van der Waals surface area contributed by atoms with E-state index in [9.17, 15) is 9.50 Å². The number of hydrogen-bond donors (Lipinski definition) is 2. The lowest BCUT2D eigenvalue weighted by Crippen LogP contribution is -2.41. The molecule has 3 N–H and O–H groups in total. The molecule has 1 aromatic rings. The summed E-state index contributed by atoms with van der Waals surface area (Å²) in [6.07, 6.45) is 1.39. The highest BCUT2D eigenvalue weighted by Crippen LogP contribution is 2.39. The molecule has 0 aliphatic carbocycles. The number of aliphatic hydroxyl groups is 1. The third-order valence-electron chi connectivity index (χ3n) is 4.40. The van der Waals surface area contributed by atoms with Crippen LogP contribution in [0.25, 0.3) is 0 Å². The molecule has 1 aromatic carbocycles. The van der Waals surface area contributed by atoms with Gasteiger partial charge in [-0.25, -0.2) is 4.39 Å². The lowest BCUT2D eigenvalue weighted by atomic mass is 10.0. The summed E-state index contributed by atoms with van der Waals surface area (Å²) in [5.74, 6) is -0.0996. The van der Waals surface area contributed by atoms with Crippen LogP contribution in [0.2, 0.25) is 0 Å². The largest absolute Gasteiger partial charge is 0.483 e. The topological polar surface area (TPSA) is 68.0 Å². The number of fused-ring (bicyclic) bond motifs is 1. The molecule has 0 aromatic heterocycles. The Balaban J connectivity index is 1.78. The first-order valence-electron chi connectivity index (χ1n) is 8.17. The van der Waals surface area contributed by atoms with E-state index in [2.05, 4.69) is 4.90 Å². The van der Waals surface area contributed by atoms with E-state index >= 15 is 0 Å². The molecule has 2 aliphatic rings. The van der Waals surface area contributed by atoms with E-state index in [-0.39, 0.29) is 12.4 Å². The molecule has 0 unspecified atom stereocenters. The summed E-state index contributed by atoms with van der Waals surface area (Å²) in [7, 11) is 0. The van der Waals surface area contributed by atoms with Gasteiger partial charge in [-0.05, 0) is 57.5 Å². The molecule has 3 rings (SSSR count). The highest BCUT2D eigenvalue weighted by Gasteiger charge is 2.32. The summed E-state index contributed by atoms with van der Waals surface area (Å²) >= 11 is 0. The van der Waals surface area contributed by atoms with E-state index < -0.39 is 23.6 Å². The molecule has 0 amide bonds. The number of aliphatic hydroxyl groups excluding tert-OH is 1. The van der Waals surface area contributed by atoms with Crippen molar-refractivity contribution in [3.8, 4) is 11.5 Å². The number of benzene rings is 1. The zero-order valence-corrected chi connectivity index (χ0v) is 13.7. The smallest absolute Gasteiger partial charge is 0.197 e. The van der Waals surface area contributed by atoms with Gasteiger partial charge >= 0.3 is 0 Å². The van der Waals surface area contributed by atoms with Crippen LogP contribution in [0.4, 0.5) is 4.39 Å². The van der Waals surface area contributed by atoms with Crippen LogP contribution in [-0.4, -0.2) is 47.9 Å². The highest BCUT2D eigenvalue weighted by atomic mass is 19.1. The van der Waals surface area contributed by atoms with E-state index in [0.29, 0.717) is 17.9 Å². The summed E-state index contributed by atoms with van der Waals surface area (Å²) in [5, 5.41) is 10.5. The number of hydrogen-bond acceptors (Lipinski definition) is 5. The number of nitrogens with zero attached hydrogens (tertiary/aromatic N) is 1. The van der Waals surface area contributed by atoms with Crippen molar-refractivity contribution in [3.63, 3.8) is 0 Å². The molecule has 128 valence electrons. The second-order valence-electron chi connectivity index (χ2n) is 7.10. The van der Waals surface area contributed by atoms with Crippen LogP contribution in [0.15, 0.2) is 12.1 Å². The molecule has 0 spiro atoms. The van der Waals surface area contributed by atoms with E-state index in [1.165, 1.54) is 6.07 Å². The standard InChI is InChI=1S/C17H25FN2O3/c1-17(2)10-22-16-12(18)7-11(8-14(16)23-17)15(21)13(19)9-20-5-3-4-6-20/h7-8,13,15,21H,3-6,9-10,19H2,1-2H3/t13-,15-/m1/s1. The first-order valence-corrected chi connectivity index (χ1v) is 8.17. The Bertz CT molecular complexity index is 573. The van der Waals surface area contributed by atoms with Crippen LogP contribution < -0.4 is 15.2 Å².